The second-order valence-corrected chi connectivity index (χ2v) is 12.5. The summed E-state index contributed by atoms with van der Waals surface area (Å²) in [4.78, 5) is 0. The van der Waals surface area contributed by atoms with Gasteiger partial charge in [0, 0.05) is 0 Å². The van der Waals surface area contributed by atoms with Crippen LogP contribution in [0, 0.1) is 16.2 Å². The molecule has 0 aromatic heterocycles. The standard InChI is InChI=1S/C16H33Si/c1-12(2)13(3,4)15(7,8)17(11)16(9,10)14(12,5)6/h1-11H3. The lowest BCUT2D eigenvalue weighted by Crippen LogP contribution is -2.65. The highest BCUT2D eigenvalue weighted by Crippen LogP contribution is 2.76. The highest BCUT2D eigenvalue weighted by atomic mass is 28.3. The van der Waals surface area contributed by atoms with E-state index in [0.717, 1.165) is 0 Å². The molecule has 1 fully saturated rings. The van der Waals surface area contributed by atoms with E-state index in [1.54, 1.807) is 0 Å². The molecule has 0 saturated carbocycles. The van der Waals surface area contributed by atoms with Crippen molar-refractivity contribution in [1.82, 2.24) is 0 Å². The molecule has 101 valence electrons. The van der Waals surface area contributed by atoms with E-state index < -0.39 is 8.80 Å². The molecule has 0 nitrogen and oxygen atoms in total. The van der Waals surface area contributed by atoms with Gasteiger partial charge in [0.05, 0.1) is 8.80 Å². The molecule has 1 aliphatic rings. The Morgan fingerprint density at radius 1 is 0.471 bits per heavy atom. The maximum Gasteiger partial charge on any atom is 0.0578 e. The third-order valence-corrected chi connectivity index (χ3v) is 13.1. The van der Waals surface area contributed by atoms with Crippen LogP contribution in [0.5, 0.6) is 0 Å². The normalized spacial score (nSPS) is 33.4. The van der Waals surface area contributed by atoms with Crippen molar-refractivity contribution in [3.63, 3.8) is 0 Å². The van der Waals surface area contributed by atoms with Gasteiger partial charge in [-0.1, -0.05) is 75.8 Å². The van der Waals surface area contributed by atoms with E-state index in [4.69, 9.17) is 0 Å². The highest BCUT2D eigenvalue weighted by Gasteiger charge is 2.67. The van der Waals surface area contributed by atoms with E-state index in [0.29, 0.717) is 26.3 Å². The average Bonchev–Trinajstić information content (AvgIpc) is 2.13. The molecule has 0 aromatic rings. The molecule has 0 amide bonds. The minimum absolute atomic E-state index is 0.344. The molecule has 0 unspecified atom stereocenters. The monoisotopic (exact) mass is 253 g/mol. The van der Waals surface area contributed by atoms with Crippen LogP contribution < -0.4 is 0 Å². The smallest absolute Gasteiger partial charge is 0.0578 e. The number of hydrogen-bond donors (Lipinski definition) is 0. The molecular formula is C16H33Si. The van der Waals surface area contributed by atoms with E-state index in [1.165, 1.54) is 0 Å². The summed E-state index contributed by atoms with van der Waals surface area (Å²) >= 11 is 0. The Morgan fingerprint density at radius 3 is 0.941 bits per heavy atom. The van der Waals surface area contributed by atoms with Gasteiger partial charge in [-0.2, -0.15) is 0 Å². The zero-order valence-corrected chi connectivity index (χ0v) is 15.0. The molecule has 1 saturated heterocycles. The van der Waals surface area contributed by atoms with Crippen molar-refractivity contribution >= 4 is 8.80 Å². The van der Waals surface area contributed by atoms with Gasteiger partial charge >= 0.3 is 0 Å². The van der Waals surface area contributed by atoms with E-state index in [-0.39, 0.29) is 0 Å². The number of hydrogen-bond acceptors (Lipinski definition) is 0. The largest absolute Gasteiger partial charge is 0.0702 e. The molecule has 0 N–H and O–H groups in total. The zero-order chi connectivity index (χ0) is 14.1. The van der Waals surface area contributed by atoms with Gasteiger partial charge < -0.3 is 0 Å². The molecule has 1 heteroatoms. The average molecular weight is 254 g/mol. The van der Waals surface area contributed by atoms with E-state index in [9.17, 15) is 0 Å². The van der Waals surface area contributed by atoms with Crippen LogP contribution in [-0.4, -0.2) is 8.80 Å². The van der Waals surface area contributed by atoms with Crippen LogP contribution in [0.4, 0.5) is 0 Å². The number of rotatable bonds is 0. The summed E-state index contributed by atoms with van der Waals surface area (Å²) < 4.78 is 0. The molecule has 0 aromatic carbocycles. The predicted octanol–water partition coefficient (Wildman–Crippen LogP) is 5.76. The Balaban J connectivity index is 3.56. The fourth-order valence-electron chi connectivity index (χ4n) is 4.06. The lowest BCUT2D eigenvalue weighted by molar-refractivity contribution is -0.0873. The van der Waals surface area contributed by atoms with Crippen molar-refractivity contribution in [2.45, 2.75) is 85.9 Å². The SMILES string of the molecule is C[Si]1C(C)(C)C(C)(C)C(C)(C)C(C)(C)C1(C)C. The van der Waals surface area contributed by atoms with Gasteiger partial charge in [-0.3, -0.25) is 0 Å². The highest BCUT2D eigenvalue weighted by molar-refractivity contribution is 6.64. The molecule has 0 atom stereocenters. The Labute approximate surface area is 111 Å². The van der Waals surface area contributed by atoms with Gasteiger partial charge in [0.25, 0.3) is 0 Å². The quantitative estimate of drug-likeness (QED) is 0.481. The van der Waals surface area contributed by atoms with Crippen LogP contribution in [0.2, 0.25) is 16.6 Å². The minimum atomic E-state index is -0.429. The van der Waals surface area contributed by atoms with Crippen molar-refractivity contribution in [3.8, 4) is 0 Å². The summed E-state index contributed by atoms with van der Waals surface area (Å²) in [5.74, 6) is 0. The maximum absolute atomic E-state index is 2.56. The van der Waals surface area contributed by atoms with Gasteiger partial charge in [-0.15, -0.1) is 0 Å². The summed E-state index contributed by atoms with van der Waals surface area (Å²) in [6.07, 6.45) is 0. The minimum Gasteiger partial charge on any atom is -0.0702 e. The first kappa shape index (κ1) is 15.3. The van der Waals surface area contributed by atoms with Gasteiger partial charge in [-0.25, -0.2) is 0 Å². The molecule has 0 aliphatic carbocycles. The second kappa shape index (κ2) is 3.40. The third kappa shape index (κ3) is 1.41. The second-order valence-electron chi connectivity index (χ2n) is 8.75. The van der Waals surface area contributed by atoms with Gasteiger partial charge in [0.2, 0.25) is 0 Å². The predicted molar refractivity (Wildman–Crippen MR) is 81.0 cm³/mol. The van der Waals surface area contributed by atoms with Crippen LogP contribution in [0.15, 0.2) is 0 Å². The first-order valence-electron chi connectivity index (χ1n) is 7.00. The summed E-state index contributed by atoms with van der Waals surface area (Å²) in [5, 5.41) is 0.917. The molecule has 1 heterocycles. The van der Waals surface area contributed by atoms with E-state index in [1.807, 2.05) is 0 Å². The molecular weight excluding hydrogens is 220 g/mol. The lowest BCUT2D eigenvalue weighted by Gasteiger charge is -2.72. The first-order chi connectivity index (χ1) is 7.15. The third-order valence-electron chi connectivity index (χ3n) is 8.12. The Bertz CT molecular complexity index is 288. The lowest BCUT2D eigenvalue weighted by atomic mass is 9.47. The fourth-order valence-corrected chi connectivity index (χ4v) is 8.12. The molecule has 17 heavy (non-hydrogen) atoms. The fraction of sp³-hybridized carbons (Fsp3) is 1.00. The Morgan fingerprint density at radius 2 is 0.706 bits per heavy atom. The Kier molecular flexibility index (Phi) is 3.06. The van der Waals surface area contributed by atoms with Gasteiger partial charge in [0.15, 0.2) is 0 Å². The Hall–Kier alpha value is 0.217. The van der Waals surface area contributed by atoms with Crippen molar-refractivity contribution in [2.24, 2.45) is 16.2 Å². The first-order valence-corrected chi connectivity index (χ1v) is 9.00. The van der Waals surface area contributed by atoms with Gasteiger partial charge in [-0.05, 0) is 26.3 Å². The van der Waals surface area contributed by atoms with Crippen molar-refractivity contribution in [2.75, 3.05) is 0 Å². The topological polar surface area (TPSA) is 0 Å². The maximum atomic E-state index is 2.56. The van der Waals surface area contributed by atoms with E-state index in [2.05, 4.69) is 75.8 Å². The summed E-state index contributed by atoms with van der Waals surface area (Å²) in [6, 6.07) is 0. The van der Waals surface area contributed by atoms with Gasteiger partial charge in [0.1, 0.15) is 0 Å². The van der Waals surface area contributed by atoms with Crippen LogP contribution >= 0.6 is 0 Å². The molecule has 1 rings (SSSR count). The van der Waals surface area contributed by atoms with Crippen LogP contribution in [0.25, 0.3) is 0 Å². The van der Waals surface area contributed by atoms with E-state index >= 15 is 0 Å². The summed E-state index contributed by atoms with van der Waals surface area (Å²) in [7, 11) is -0.429. The van der Waals surface area contributed by atoms with Crippen LogP contribution in [-0.2, 0) is 0 Å². The summed E-state index contributed by atoms with van der Waals surface area (Å²) in [5.41, 5.74) is 1.10. The molecule has 1 aliphatic heterocycles. The zero-order valence-electron chi connectivity index (χ0n) is 14.0. The molecule has 0 bridgehead atoms. The van der Waals surface area contributed by atoms with Crippen LogP contribution in [0.1, 0.15) is 69.2 Å². The summed E-state index contributed by atoms with van der Waals surface area (Å²) in [6.45, 7) is 27.6. The van der Waals surface area contributed by atoms with Crippen molar-refractivity contribution in [1.29, 1.82) is 0 Å². The van der Waals surface area contributed by atoms with Crippen molar-refractivity contribution < 1.29 is 0 Å². The van der Waals surface area contributed by atoms with Crippen molar-refractivity contribution in [3.05, 3.63) is 0 Å². The molecule has 1 radical (unpaired) electrons. The van der Waals surface area contributed by atoms with Crippen LogP contribution in [0.3, 0.4) is 0 Å². The molecule has 0 spiro atoms.